The number of H-pyrrole nitrogens is 1. The van der Waals surface area contributed by atoms with Crippen molar-refractivity contribution in [1.29, 1.82) is 0 Å². The number of nitrogens with one attached hydrogen (secondary N) is 2. The van der Waals surface area contributed by atoms with Crippen LogP contribution in [0.15, 0.2) is 24.4 Å². The Balaban J connectivity index is 2.30. The Hall–Kier alpha value is -1.75. The lowest BCUT2D eigenvalue weighted by Gasteiger charge is -2.08. The number of hydrogen-bond acceptors (Lipinski definition) is 4. The zero-order valence-electron chi connectivity index (χ0n) is 9.11. The van der Waals surface area contributed by atoms with E-state index in [-0.39, 0.29) is 0 Å². The molecule has 4 nitrogen and oxygen atoms in total. The van der Waals surface area contributed by atoms with E-state index < -0.39 is 0 Å². The van der Waals surface area contributed by atoms with E-state index in [1.165, 1.54) is 11.1 Å². The largest absolute Gasteiger partial charge is 0.339 e. The second-order valence-corrected chi connectivity index (χ2v) is 4.00. The van der Waals surface area contributed by atoms with E-state index in [2.05, 4.69) is 33.5 Å². The van der Waals surface area contributed by atoms with E-state index in [0.29, 0.717) is 10.6 Å². The second kappa shape index (κ2) is 4.40. The Morgan fingerprint density at radius 2 is 2.12 bits per heavy atom. The minimum atomic E-state index is 0.370. The second-order valence-electron chi connectivity index (χ2n) is 3.62. The van der Waals surface area contributed by atoms with E-state index in [1.807, 2.05) is 19.1 Å². The van der Waals surface area contributed by atoms with Gasteiger partial charge in [-0.25, -0.2) is 0 Å². The van der Waals surface area contributed by atoms with Crippen molar-refractivity contribution in [3.8, 4) is 0 Å². The van der Waals surface area contributed by atoms with Crippen molar-refractivity contribution in [3.63, 3.8) is 0 Å². The molecular weight excluding hydrogens is 220 g/mol. The van der Waals surface area contributed by atoms with Crippen LogP contribution in [0.1, 0.15) is 11.1 Å². The molecule has 1 heterocycles. The maximum absolute atomic E-state index is 4.90. The standard InChI is InChI=1S/C11H12N4S/c1-7-3-4-9(8(2)5-7)13-10-6-12-15-11(16)14-10/h3-6H,1-2H3,(H2,13,14,15,16). The molecule has 0 aliphatic carbocycles. The van der Waals surface area contributed by atoms with Gasteiger partial charge >= 0.3 is 0 Å². The smallest absolute Gasteiger partial charge is 0.215 e. The van der Waals surface area contributed by atoms with Crippen LogP contribution in [0.5, 0.6) is 0 Å². The van der Waals surface area contributed by atoms with Crippen LogP contribution < -0.4 is 5.32 Å². The highest BCUT2D eigenvalue weighted by Gasteiger charge is 2.00. The van der Waals surface area contributed by atoms with Crippen molar-refractivity contribution in [2.24, 2.45) is 0 Å². The molecule has 5 heteroatoms. The molecule has 0 spiro atoms. The first-order valence-corrected chi connectivity index (χ1v) is 5.32. The highest BCUT2D eigenvalue weighted by atomic mass is 32.1. The molecule has 1 aromatic carbocycles. The first-order valence-electron chi connectivity index (χ1n) is 4.91. The minimum absolute atomic E-state index is 0.370. The monoisotopic (exact) mass is 232 g/mol. The fourth-order valence-electron chi connectivity index (χ4n) is 1.46. The van der Waals surface area contributed by atoms with Crippen molar-refractivity contribution in [1.82, 2.24) is 15.2 Å². The summed E-state index contributed by atoms with van der Waals surface area (Å²) >= 11 is 4.90. The molecule has 0 unspecified atom stereocenters. The van der Waals surface area contributed by atoms with E-state index in [4.69, 9.17) is 12.2 Å². The summed E-state index contributed by atoms with van der Waals surface area (Å²) in [5.74, 6) is 0.649. The molecule has 0 saturated carbocycles. The molecule has 0 amide bonds. The summed E-state index contributed by atoms with van der Waals surface area (Å²) in [6, 6.07) is 6.18. The minimum Gasteiger partial charge on any atom is -0.339 e. The first-order chi connectivity index (χ1) is 7.65. The van der Waals surface area contributed by atoms with Crippen molar-refractivity contribution in [3.05, 3.63) is 40.3 Å². The number of anilines is 2. The van der Waals surface area contributed by atoms with Gasteiger partial charge in [0.05, 0.1) is 6.20 Å². The molecule has 0 saturated heterocycles. The van der Waals surface area contributed by atoms with Gasteiger partial charge in [-0.2, -0.15) is 10.1 Å². The van der Waals surface area contributed by atoms with Gasteiger partial charge in [-0.3, -0.25) is 5.10 Å². The average molecular weight is 232 g/mol. The van der Waals surface area contributed by atoms with Gasteiger partial charge in [-0.05, 0) is 37.7 Å². The maximum atomic E-state index is 4.90. The molecule has 2 aromatic rings. The summed E-state index contributed by atoms with van der Waals surface area (Å²) in [4.78, 5) is 4.12. The lowest BCUT2D eigenvalue weighted by Crippen LogP contribution is -1.98. The molecule has 82 valence electrons. The fourth-order valence-corrected chi connectivity index (χ4v) is 1.62. The highest BCUT2D eigenvalue weighted by molar-refractivity contribution is 7.71. The number of benzene rings is 1. The van der Waals surface area contributed by atoms with Gasteiger partial charge in [0, 0.05) is 5.69 Å². The summed E-state index contributed by atoms with van der Waals surface area (Å²) in [6.07, 6.45) is 1.61. The predicted octanol–water partition coefficient (Wildman–Crippen LogP) is 2.89. The Bertz CT molecular complexity index is 562. The van der Waals surface area contributed by atoms with E-state index in [9.17, 15) is 0 Å². The van der Waals surface area contributed by atoms with Crippen molar-refractivity contribution < 1.29 is 0 Å². The third-order valence-electron chi connectivity index (χ3n) is 2.21. The van der Waals surface area contributed by atoms with Crippen LogP contribution in [0.3, 0.4) is 0 Å². The third kappa shape index (κ3) is 2.43. The highest BCUT2D eigenvalue weighted by Crippen LogP contribution is 2.19. The molecule has 16 heavy (non-hydrogen) atoms. The Morgan fingerprint density at radius 1 is 1.31 bits per heavy atom. The van der Waals surface area contributed by atoms with Gasteiger partial charge < -0.3 is 5.32 Å². The zero-order valence-corrected chi connectivity index (χ0v) is 9.93. The summed E-state index contributed by atoms with van der Waals surface area (Å²) in [5.41, 5.74) is 3.42. The molecule has 1 aromatic heterocycles. The number of rotatable bonds is 2. The lowest BCUT2D eigenvalue weighted by molar-refractivity contribution is 0.953. The van der Waals surface area contributed by atoms with Gasteiger partial charge in [0.15, 0.2) is 5.82 Å². The van der Waals surface area contributed by atoms with Crippen molar-refractivity contribution in [2.75, 3.05) is 5.32 Å². The number of aromatic nitrogens is 3. The van der Waals surface area contributed by atoms with E-state index in [0.717, 1.165) is 5.69 Å². The number of nitrogens with zero attached hydrogens (tertiary/aromatic N) is 2. The molecule has 2 N–H and O–H groups in total. The fraction of sp³-hybridized carbons (Fsp3) is 0.182. The molecule has 0 aliphatic rings. The van der Waals surface area contributed by atoms with Gasteiger partial charge in [-0.15, -0.1) is 0 Å². The molecule has 0 atom stereocenters. The summed E-state index contributed by atoms with van der Waals surface area (Å²) in [6.45, 7) is 4.11. The molecule has 0 radical (unpaired) electrons. The topological polar surface area (TPSA) is 53.6 Å². The van der Waals surface area contributed by atoms with E-state index >= 15 is 0 Å². The number of hydrogen-bond donors (Lipinski definition) is 2. The SMILES string of the molecule is Cc1ccc(Nc2cn[nH]c(=S)n2)c(C)c1. The van der Waals surface area contributed by atoms with Gasteiger partial charge in [0.2, 0.25) is 4.77 Å². The molecule has 0 bridgehead atoms. The number of aromatic amines is 1. The van der Waals surface area contributed by atoms with Crippen molar-refractivity contribution in [2.45, 2.75) is 13.8 Å². The van der Waals surface area contributed by atoms with Gasteiger partial charge in [0.1, 0.15) is 0 Å². The Labute approximate surface area is 98.8 Å². The maximum Gasteiger partial charge on any atom is 0.215 e. The summed E-state index contributed by atoms with van der Waals surface area (Å²) in [5, 5.41) is 9.65. The van der Waals surface area contributed by atoms with Crippen LogP contribution in [-0.2, 0) is 0 Å². The molecule has 2 rings (SSSR count). The molecule has 0 aliphatic heterocycles. The molecular formula is C11H12N4S. The van der Waals surface area contributed by atoms with Gasteiger partial charge in [0.25, 0.3) is 0 Å². The van der Waals surface area contributed by atoms with Crippen LogP contribution >= 0.6 is 12.2 Å². The molecule has 0 fully saturated rings. The Morgan fingerprint density at radius 3 is 2.81 bits per heavy atom. The van der Waals surface area contributed by atoms with Crippen LogP contribution in [0, 0.1) is 18.6 Å². The first kappa shape index (κ1) is 10.8. The average Bonchev–Trinajstić information content (AvgIpc) is 2.22. The lowest BCUT2D eigenvalue weighted by atomic mass is 10.1. The normalized spacial score (nSPS) is 10.1. The summed E-state index contributed by atoms with van der Waals surface area (Å²) < 4.78 is 0.370. The van der Waals surface area contributed by atoms with E-state index in [1.54, 1.807) is 6.20 Å². The summed E-state index contributed by atoms with van der Waals surface area (Å²) in [7, 11) is 0. The van der Waals surface area contributed by atoms with Crippen molar-refractivity contribution >= 4 is 23.7 Å². The third-order valence-corrected chi connectivity index (χ3v) is 2.40. The zero-order chi connectivity index (χ0) is 11.5. The number of aryl methyl sites for hydroxylation is 2. The quantitative estimate of drug-likeness (QED) is 0.782. The van der Waals surface area contributed by atoms with Crippen LogP contribution in [0.25, 0.3) is 0 Å². The predicted molar refractivity (Wildman–Crippen MR) is 66.4 cm³/mol. The van der Waals surface area contributed by atoms with Crippen LogP contribution in [-0.4, -0.2) is 15.2 Å². The van der Waals surface area contributed by atoms with Crippen LogP contribution in [0.2, 0.25) is 0 Å². The Kier molecular flexibility index (Phi) is 2.96. The van der Waals surface area contributed by atoms with Gasteiger partial charge in [-0.1, -0.05) is 17.7 Å². The van der Waals surface area contributed by atoms with Crippen LogP contribution in [0.4, 0.5) is 11.5 Å².